The number of piperidine rings is 1. The Balaban J connectivity index is 1.68. The van der Waals surface area contributed by atoms with Crippen LogP contribution in [0.3, 0.4) is 0 Å². The number of aryl methyl sites for hydroxylation is 1. The van der Waals surface area contributed by atoms with E-state index in [0.29, 0.717) is 25.9 Å². The monoisotopic (exact) mass is 331 g/mol. The van der Waals surface area contributed by atoms with E-state index >= 15 is 0 Å². The number of likely N-dealkylation sites (tertiary alicyclic amines) is 1. The maximum absolute atomic E-state index is 12.7. The highest BCUT2D eigenvalue weighted by Crippen LogP contribution is 2.36. The summed E-state index contributed by atoms with van der Waals surface area (Å²) in [5.74, 6) is -0.0127. The average Bonchev–Trinajstić information content (AvgIpc) is 2.61. The zero-order valence-electron chi connectivity index (χ0n) is 14.2. The summed E-state index contributed by atoms with van der Waals surface area (Å²) in [6, 6.07) is 6.12. The van der Waals surface area contributed by atoms with Crippen LogP contribution in [-0.4, -0.2) is 42.1 Å². The molecule has 2 aliphatic rings. The lowest BCUT2D eigenvalue weighted by Gasteiger charge is -2.33. The van der Waals surface area contributed by atoms with Gasteiger partial charge in [0, 0.05) is 19.5 Å². The molecular formula is C19H25NO4. The second-order valence-electron chi connectivity index (χ2n) is 6.88. The topological polar surface area (TPSA) is 66.8 Å². The molecule has 0 saturated carbocycles. The van der Waals surface area contributed by atoms with E-state index in [1.165, 1.54) is 11.1 Å². The molecule has 24 heavy (non-hydrogen) atoms. The number of hydrogen-bond donors (Lipinski definition) is 1. The lowest BCUT2D eigenvalue weighted by atomic mass is 9.80. The number of rotatable bonds is 4. The Labute approximate surface area is 142 Å². The van der Waals surface area contributed by atoms with Crippen LogP contribution in [-0.2, 0) is 16.0 Å². The fourth-order valence-corrected chi connectivity index (χ4v) is 3.98. The Kier molecular flexibility index (Phi) is 5.07. The largest absolute Gasteiger partial charge is 0.497 e. The van der Waals surface area contributed by atoms with Crippen molar-refractivity contribution < 1.29 is 19.4 Å². The summed E-state index contributed by atoms with van der Waals surface area (Å²) < 4.78 is 5.30. The zero-order valence-corrected chi connectivity index (χ0v) is 14.2. The van der Waals surface area contributed by atoms with E-state index in [0.717, 1.165) is 31.4 Å². The van der Waals surface area contributed by atoms with Gasteiger partial charge in [-0.2, -0.15) is 0 Å². The first kappa shape index (κ1) is 16.8. The quantitative estimate of drug-likeness (QED) is 0.921. The molecule has 1 aromatic carbocycles. The predicted molar refractivity (Wildman–Crippen MR) is 90.2 cm³/mol. The Morgan fingerprint density at radius 3 is 2.88 bits per heavy atom. The first-order valence-electron chi connectivity index (χ1n) is 8.76. The van der Waals surface area contributed by atoms with Crippen LogP contribution >= 0.6 is 0 Å². The summed E-state index contributed by atoms with van der Waals surface area (Å²) in [6.45, 7) is 1.04. The molecule has 1 amide bonds. The summed E-state index contributed by atoms with van der Waals surface area (Å²) in [6.07, 6.45) is 5.05. The molecule has 0 radical (unpaired) electrons. The van der Waals surface area contributed by atoms with Crippen molar-refractivity contribution in [3.63, 3.8) is 0 Å². The first-order chi connectivity index (χ1) is 11.6. The minimum Gasteiger partial charge on any atom is -0.497 e. The molecule has 1 aliphatic heterocycles. The van der Waals surface area contributed by atoms with Crippen LogP contribution < -0.4 is 4.74 Å². The summed E-state index contributed by atoms with van der Waals surface area (Å²) in [7, 11) is 1.67. The predicted octanol–water partition coefficient (Wildman–Crippen LogP) is 2.83. The number of benzene rings is 1. The van der Waals surface area contributed by atoms with Crippen molar-refractivity contribution in [3.8, 4) is 5.75 Å². The number of amides is 1. The van der Waals surface area contributed by atoms with Crippen molar-refractivity contribution in [2.75, 3.05) is 20.2 Å². The third-order valence-electron chi connectivity index (χ3n) is 5.33. The van der Waals surface area contributed by atoms with Crippen molar-refractivity contribution >= 4 is 11.9 Å². The fraction of sp³-hybridized carbons (Fsp3) is 0.579. The van der Waals surface area contributed by atoms with Crippen molar-refractivity contribution in [3.05, 3.63) is 29.3 Å². The molecule has 2 unspecified atom stereocenters. The van der Waals surface area contributed by atoms with Crippen LogP contribution in [0, 0.1) is 5.92 Å². The standard InChI is InChI=1S/C19H25NO4/c1-24-16-7-8-17-13(10-16)4-2-5-14(17)11-18(21)20-9-3-6-15(12-20)19(22)23/h7-8,10,14-15H,2-6,9,11-12H2,1H3,(H,22,23). The first-order valence-corrected chi connectivity index (χ1v) is 8.76. The minimum absolute atomic E-state index is 0.0922. The number of aliphatic carboxylic acids is 1. The number of ether oxygens (including phenoxy) is 1. The highest BCUT2D eigenvalue weighted by Gasteiger charge is 2.30. The van der Waals surface area contributed by atoms with Gasteiger partial charge in [0.15, 0.2) is 0 Å². The number of hydrogen-bond acceptors (Lipinski definition) is 3. The van der Waals surface area contributed by atoms with Crippen LogP contribution in [0.2, 0.25) is 0 Å². The van der Waals surface area contributed by atoms with Gasteiger partial charge in [0.2, 0.25) is 5.91 Å². The van der Waals surface area contributed by atoms with Gasteiger partial charge in [-0.15, -0.1) is 0 Å². The van der Waals surface area contributed by atoms with Gasteiger partial charge in [0.05, 0.1) is 13.0 Å². The van der Waals surface area contributed by atoms with E-state index in [2.05, 4.69) is 12.1 Å². The number of fused-ring (bicyclic) bond motifs is 1. The number of carboxylic acids is 1. The number of methoxy groups -OCH3 is 1. The van der Waals surface area contributed by atoms with E-state index in [-0.39, 0.29) is 11.8 Å². The number of nitrogens with zero attached hydrogens (tertiary/aromatic N) is 1. The molecule has 5 nitrogen and oxygen atoms in total. The SMILES string of the molecule is COc1ccc2c(c1)CCCC2CC(=O)N1CCCC(C(=O)O)C1. The molecule has 0 spiro atoms. The van der Waals surface area contributed by atoms with E-state index in [1.807, 2.05) is 6.07 Å². The third-order valence-corrected chi connectivity index (χ3v) is 5.33. The summed E-state index contributed by atoms with van der Waals surface area (Å²) in [4.78, 5) is 25.6. The molecule has 1 aliphatic carbocycles. The molecule has 0 bridgehead atoms. The minimum atomic E-state index is -0.789. The molecule has 1 fully saturated rings. The van der Waals surface area contributed by atoms with Crippen LogP contribution in [0.25, 0.3) is 0 Å². The van der Waals surface area contributed by atoms with E-state index in [9.17, 15) is 14.7 Å². The van der Waals surface area contributed by atoms with Crippen molar-refractivity contribution in [2.24, 2.45) is 5.92 Å². The molecule has 3 rings (SSSR count). The molecule has 1 N–H and O–H groups in total. The Hall–Kier alpha value is -2.04. The normalized spacial score (nSPS) is 23.5. The molecule has 2 atom stereocenters. The second kappa shape index (κ2) is 7.24. The molecule has 5 heteroatoms. The average molecular weight is 331 g/mol. The number of carbonyl (C=O) groups is 2. The summed E-state index contributed by atoms with van der Waals surface area (Å²) in [5.41, 5.74) is 2.53. The molecular weight excluding hydrogens is 306 g/mol. The molecule has 0 aromatic heterocycles. The van der Waals surface area contributed by atoms with E-state index in [4.69, 9.17) is 4.74 Å². The summed E-state index contributed by atoms with van der Waals surface area (Å²) >= 11 is 0. The highest BCUT2D eigenvalue weighted by molar-refractivity contribution is 5.79. The number of carboxylic acid groups (broad SMARTS) is 1. The maximum Gasteiger partial charge on any atom is 0.308 e. The van der Waals surface area contributed by atoms with E-state index < -0.39 is 11.9 Å². The van der Waals surface area contributed by atoms with Gasteiger partial charge in [0.25, 0.3) is 0 Å². The van der Waals surface area contributed by atoms with Crippen LogP contribution in [0.5, 0.6) is 5.75 Å². The summed E-state index contributed by atoms with van der Waals surface area (Å²) in [5, 5.41) is 9.19. The number of carbonyl (C=O) groups excluding carboxylic acids is 1. The van der Waals surface area contributed by atoms with Gasteiger partial charge in [-0.25, -0.2) is 0 Å². The Morgan fingerprint density at radius 2 is 2.12 bits per heavy atom. The van der Waals surface area contributed by atoms with Gasteiger partial charge in [0.1, 0.15) is 5.75 Å². The van der Waals surface area contributed by atoms with Crippen LogP contribution in [0.4, 0.5) is 0 Å². The van der Waals surface area contributed by atoms with Crippen molar-refractivity contribution in [2.45, 2.75) is 44.4 Å². The molecule has 130 valence electrons. The highest BCUT2D eigenvalue weighted by atomic mass is 16.5. The van der Waals surface area contributed by atoms with Gasteiger partial charge in [-0.3, -0.25) is 9.59 Å². The molecule has 1 heterocycles. The van der Waals surface area contributed by atoms with Gasteiger partial charge in [-0.05, 0) is 61.3 Å². The van der Waals surface area contributed by atoms with Crippen LogP contribution in [0.15, 0.2) is 18.2 Å². The fourth-order valence-electron chi connectivity index (χ4n) is 3.98. The lowest BCUT2D eigenvalue weighted by Crippen LogP contribution is -2.42. The van der Waals surface area contributed by atoms with Crippen molar-refractivity contribution in [1.29, 1.82) is 0 Å². The zero-order chi connectivity index (χ0) is 17.1. The lowest BCUT2D eigenvalue weighted by molar-refractivity contribution is -0.145. The molecule has 1 saturated heterocycles. The van der Waals surface area contributed by atoms with E-state index in [1.54, 1.807) is 12.0 Å². The van der Waals surface area contributed by atoms with Gasteiger partial charge < -0.3 is 14.7 Å². The smallest absolute Gasteiger partial charge is 0.308 e. The maximum atomic E-state index is 12.7. The van der Waals surface area contributed by atoms with Gasteiger partial charge in [-0.1, -0.05) is 6.07 Å². The van der Waals surface area contributed by atoms with Crippen LogP contribution in [0.1, 0.15) is 49.1 Å². The Bertz CT molecular complexity index is 628. The van der Waals surface area contributed by atoms with Crippen molar-refractivity contribution in [1.82, 2.24) is 4.90 Å². The third kappa shape index (κ3) is 3.55. The second-order valence-corrected chi connectivity index (χ2v) is 6.88. The van der Waals surface area contributed by atoms with Gasteiger partial charge >= 0.3 is 5.97 Å². The Morgan fingerprint density at radius 1 is 1.29 bits per heavy atom. The molecule has 1 aromatic rings.